The summed E-state index contributed by atoms with van der Waals surface area (Å²) < 4.78 is 12.6. The van der Waals surface area contributed by atoms with Crippen molar-refractivity contribution >= 4 is 5.91 Å². The van der Waals surface area contributed by atoms with E-state index in [-0.39, 0.29) is 11.9 Å². The number of amides is 1. The molecular formula is C18H23N3O3. The van der Waals surface area contributed by atoms with Crippen LogP contribution in [0.5, 0.6) is 5.75 Å². The first kappa shape index (κ1) is 16.5. The van der Waals surface area contributed by atoms with Crippen molar-refractivity contribution in [3.8, 4) is 5.75 Å². The maximum Gasteiger partial charge on any atom is 0.257 e. The fourth-order valence-corrected chi connectivity index (χ4v) is 3.03. The van der Waals surface area contributed by atoms with Crippen molar-refractivity contribution in [3.05, 3.63) is 48.3 Å². The van der Waals surface area contributed by atoms with Crippen LogP contribution in [0.3, 0.4) is 0 Å². The van der Waals surface area contributed by atoms with Crippen LogP contribution in [0.4, 0.5) is 0 Å². The average Bonchev–Trinajstić information content (AvgIpc) is 3.17. The molecule has 6 heteroatoms. The first-order valence-electron chi connectivity index (χ1n) is 8.29. The first-order valence-corrected chi connectivity index (χ1v) is 8.29. The Morgan fingerprint density at radius 3 is 2.96 bits per heavy atom. The highest BCUT2D eigenvalue weighted by molar-refractivity contribution is 5.97. The molecule has 1 unspecified atom stereocenters. The third-order valence-electron chi connectivity index (χ3n) is 4.25. The molecule has 0 aliphatic carbocycles. The number of rotatable bonds is 6. The van der Waals surface area contributed by atoms with Gasteiger partial charge < -0.3 is 14.4 Å². The number of hydrogen-bond donors (Lipinski definition) is 0. The summed E-state index contributed by atoms with van der Waals surface area (Å²) in [5.41, 5.74) is 0.606. The average molecular weight is 329 g/mol. The number of para-hydroxylation sites is 1. The second-order valence-electron chi connectivity index (χ2n) is 5.87. The molecule has 1 amide bonds. The Hall–Kier alpha value is -2.34. The molecule has 1 aliphatic heterocycles. The summed E-state index contributed by atoms with van der Waals surface area (Å²) in [6.45, 7) is 2.36. The van der Waals surface area contributed by atoms with Crippen LogP contribution in [-0.2, 0) is 4.74 Å². The van der Waals surface area contributed by atoms with E-state index in [2.05, 4.69) is 5.10 Å². The van der Waals surface area contributed by atoms with Gasteiger partial charge in [0.25, 0.3) is 5.91 Å². The zero-order valence-electron chi connectivity index (χ0n) is 13.9. The molecule has 0 spiro atoms. The predicted molar refractivity (Wildman–Crippen MR) is 90.2 cm³/mol. The van der Waals surface area contributed by atoms with E-state index >= 15 is 0 Å². The van der Waals surface area contributed by atoms with Crippen LogP contribution in [0.15, 0.2) is 42.7 Å². The molecule has 128 valence electrons. The Bertz CT molecular complexity index is 657. The van der Waals surface area contributed by atoms with Gasteiger partial charge in [-0.05, 0) is 31.0 Å². The Morgan fingerprint density at radius 2 is 2.17 bits per heavy atom. The summed E-state index contributed by atoms with van der Waals surface area (Å²) in [4.78, 5) is 14.9. The second-order valence-corrected chi connectivity index (χ2v) is 5.87. The molecule has 1 saturated heterocycles. The van der Waals surface area contributed by atoms with Crippen molar-refractivity contribution < 1.29 is 14.3 Å². The fraction of sp³-hybridized carbons (Fsp3) is 0.444. The van der Waals surface area contributed by atoms with Gasteiger partial charge in [0.1, 0.15) is 12.4 Å². The van der Waals surface area contributed by atoms with Crippen molar-refractivity contribution in [2.75, 3.05) is 33.4 Å². The SMILES string of the molecule is COCCOc1ccccc1C(=O)N1CCCC(n2cccn2)C1. The van der Waals surface area contributed by atoms with Gasteiger partial charge in [0, 0.05) is 32.6 Å². The van der Waals surface area contributed by atoms with Gasteiger partial charge in [-0.25, -0.2) is 0 Å². The van der Waals surface area contributed by atoms with Crippen LogP contribution in [0.2, 0.25) is 0 Å². The summed E-state index contributed by atoms with van der Waals surface area (Å²) in [6, 6.07) is 9.55. The standard InChI is InChI=1S/C18H23N3O3/c1-23-12-13-24-17-8-3-2-7-16(17)18(22)20-10-4-6-15(14-20)21-11-5-9-19-21/h2-3,5,7-9,11,15H,4,6,10,12-14H2,1H3. The van der Waals surface area contributed by atoms with Crippen LogP contribution < -0.4 is 4.74 Å². The van der Waals surface area contributed by atoms with E-state index in [1.54, 1.807) is 13.3 Å². The summed E-state index contributed by atoms with van der Waals surface area (Å²) in [6.07, 6.45) is 5.75. The molecule has 1 aromatic carbocycles. The number of benzene rings is 1. The molecule has 24 heavy (non-hydrogen) atoms. The highest BCUT2D eigenvalue weighted by Crippen LogP contribution is 2.25. The Balaban J connectivity index is 1.71. The lowest BCUT2D eigenvalue weighted by molar-refractivity contribution is 0.0666. The van der Waals surface area contributed by atoms with Gasteiger partial charge in [-0.3, -0.25) is 9.48 Å². The van der Waals surface area contributed by atoms with E-state index in [1.807, 2.05) is 46.1 Å². The van der Waals surface area contributed by atoms with Gasteiger partial charge in [-0.1, -0.05) is 12.1 Å². The molecule has 6 nitrogen and oxygen atoms in total. The zero-order chi connectivity index (χ0) is 16.8. The Morgan fingerprint density at radius 1 is 1.29 bits per heavy atom. The molecule has 1 atom stereocenters. The number of likely N-dealkylation sites (tertiary alicyclic amines) is 1. The minimum Gasteiger partial charge on any atom is -0.490 e. The van der Waals surface area contributed by atoms with Crippen molar-refractivity contribution in [1.29, 1.82) is 0 Å². The molecule has 3 rings (SSSR count). The summed E-state index contributed by atoms with van der Waals surface area (Å²) in [7, 11) is 1.63. The lowest BCUT2D eigenvalue weighted by atomic mass is 10.0. The van der Waals surface area contributed by atoms with Gasteiger partial charge in [-0.2, -0.15) is 5.10 Å². The van der Waals surface area contributed by atoms with Gasteiger partial charge in [0.15, 0.2) is 0 Å². The molecule has 1 aliphatic rings. The van der Waals surface area contributed by atoms with Crippen LogP contribution in [0, 0.1) is 0 Å². The van der Waals surface area contributed by atoms with Crippen LogP contribution in [-0.4, -0.2) is 54.0 Å². The molecule has 2 heterocycles. The van der Waals surface area contributed by atoms with Gasteiger partial charge in [0.05, 0.1) is 18.2 Å². The number of aromatic nitrogens is 2. The zero-order valence-corrected chi connectivity index (χ0v) is 13.9. The van der Waals surface area contributed by atoms with Gasteiger partial charge >= 0.3 is 0 Å². The fourth-order valence-electron chi connectivity index (χ4n) is 3.03. The topological polar surface area (TPSA) is 56.6 Å². The predicted octanol–water partition coefficient (Wildman–Crippen LogP) is 2.39. The summed E-state index contributed by atoms with van der Waals surface area (Å²) >= 11 is 0. The highest BCUT2D eigenvalue weighted by atomic mass is 16.5. The van der Waals surface area contributed by atoms with Gasteiger partial charge in [0.2, 0.25) is 0 Å². The lowest BCUT2D eigenvalue weighted by Crippen LogP contribution is -2.41. The van der Waals surface area contributed by atoms with E-state index in [1.165, 1.54) is 0 Å². The van der Waals surface area contributed by atoms with Crippen LogP contribution in [0.25, 0.3) is 0 Å². The maximum absolute atomic E-state index is 13.0. The van der Waals surface area contributed by atoms with E-state index in [0.29, 0.717) is 31.1 Å². The Labute approximate surface area is 142 Å². The van der Waals surface area contributed by atoms with Crippen LogP contribution >= 0.6 is 0 Å². The third kappa shape index (κ3) is 3.76. The molecule has 0 radical (unpaired) electrons. The lowest BCUT2D eigenvalue weighted by Gasteiger charge is -2.33. The number of carbonyl (C=O) groups is 1. The van der Waals surface area contributed by atoms with Crippen molar-refractivity contribution in [2.24, 2.45) is 0 Å². The maximum atomic E-state index is 13.0. The van der Waals surface area contributed by atoms with Crippen molar-refractivity contribution in [2.45, 2.75) is 18.9 Å². The smallest absolute Gasteiger partial charge is 0.257 e. The minimum atomic E-state index is 0.0138. The Kier molecular flexibility index (Phi) is 5.48. The minimum absolute atomic E-state index is 0.0138. The summed E-state index contributed by atoms with van der Waals surface area (Å²) in [5.74, 6) is 0.626. The van der Waals surface area contributed by atoms with Crippen molar-refractivity contribution in [3.63, 3.8) is 0 Å². The number of methoxy groups -OCH3 is 1. The number of ether oxygens (including phenoxy) is 2. The highest BCUT2D eigenvalue weighted by Gasteiger charge is 2.27. The van der Waals surface area contributed by atoms with Crippen molar-refractivity contribution in [1.82, 2.24) is 14.7 Å². The van der Waals surface area contributed by atoms with E-state index in [0.717, 1.165) is 19.4 Å². The molecule has 0 N–H and O–H groups in total. The van der Waals surface area contributed by atoms with E-state index in [9.17, 15) is 4.79 Å². The second kappa shape index (κ2) is 7.97. The number of piperidine rings is 1. The first-order chi connectivity index (χ1) is 11.8. The van der Waals surface area contributed by atoms with E-state index in [4.69, 9.17) is 9.47 Å². The monoisotopic (exact) mass is 329 g/mol. The number of nitrogens with zero attached hydrogens (tertiary/aromatic N) is 3. The summed E-state index contributed by atoms with van der Waals surface area (Å²) in [5, 5.41) is 4.31. The molecule has 0 saturated carbocycles. The number of carbonyl (C=O) groups excluding carboxylic acids is 1. The number of hydrogen-bond acceptors (Lipinski definition) is 4. The largest absolute Gasteiger partial charge is 0.490 e. The molecule has 0 bridgehead atoms. The van der Waals surface area contributed by atoms with Crippen LogP contribution in [0.1, 0.15) is 29.2 Å². The third-order valence-corrected chi connectivity index (χ3v) is 4.25. The van der Waals surface area contributed by atoms with Gasteiger partial charge in [-0.15, -0.1) is 0 Å². The molecule has 1 aromatic heterocycles. The van der Waals surface area contributed by atoms with E-state index < -0.39 is 0 Å². The normalized spacial score (nSPS) is 17.7. The molecule has 1 fully saturated rings. The molecular weight excluding hydrogens is 306 g/mol. The quantitative estimate of drug-likeness (QED) is 0.764. The molecule has 2 aromatic rings.